The summed E-state index contributed by atoms with van der Waals surface area (Å²) in [4.78, 5) is 0. The van der Waals surface area contributed by atoms with Crippen molar-refractivity contribution in [2.45, 2.75) is 0 Å². The van der Waals surface area contributed by atoms with Gasteiger partial charge in [-0.05, 0) is 72.3 Å². The zero-order valence-electron chi connectivity index (χ0n) is 26.7. The Balaban J connectivity index is 1.33. The lowest BCUT2D eigenvalue weighted by Gasteiger charge is -2.19. The molecule has 0 spiro atoms. The molecule has 0 radical (unpaired) electrons. The van der Waals surface area contributed by atoms with E-state index in [4.69, 9.17) is 0 Å². The van der Waals surface area contributed by atoms with E-state index < -0.39 is 0 Å². The van der Waals surface area contributed by atoms with E-state index in [1.807, 2.05) is 91.0 Å². The molecule has 5 nitrogen and oxygen atoms in total. The summed E-state index contributed by atoms with van der Waals surface area (Å²) in [6, 6.07) is 57.6. The maximum absolute atomic E-state index is 10.6. The van der Waals surface area contributed by atoms with E-state index in [1.54, 1.807) is 0 Å². The smallest absolute Gasteiger partial charge is 0.0998 e. The zero-order valence-corrected chi connectivity index (χ0v) is 26.7. The van der Waals surface area contributed by atoms with Crippen LogP contribution in [-0.2, 0) is 0 Å². The van der Waals surface area contributed by atoms with Gasteiger partial charge in [0.15, 0.2) is 0 Å². The first-order chi connectivity index (χ1) is 24.7. The number of benzene rings is 7. The van der Waals surface area contributed by atoms with Crippen molar-refractivity contribution < 1.29 is 0 Å². The topological polar surface area (TPSA) is 81.2 Å². The lowest BCUT2D eigenvalue weighted by molar-refractivity contribution is 1.18. The molecule has 5 heteroatoms. The van der Waals surface area contributed by atoms with Crippen molar-refractivity contribution in [2.75, 3.05) is 0 Å². The molecule has 0 unspecified atom stereocenters. The normalized spacial score (nSPS) is 11.1. The highest BCUT2D eigenvalue weighted by Crippen LogP contribution is 2.43. The maximum Gasteiger partial charge on any atom is 0.0998 e. The van der Waals surface area contributed by atoms with Crippen LogP contribution in [0.15, 0.2) is 152 Å². The zero-order chi connectivity index (χ0) is 33.8. The Labute approximate surface area is 287 Å². The molecule has 7 aromatic carbocycles. The summed E-state index contributed by atoms with van der Waals surface area (Å²) < 4.78 is 4.45. The van der Waals surface area contributed by atoms with Gasteiger partial charge in [0.25, 0.3) is 0 Å². The van der Waals surface area contributed by atoms with E-state index in [9.17, 15) is 15.8 Å². The van der Waals surface area contributed by atoms with E-state index in [2.05, 4.69) is 88.0 Å². The standard InChI is InChI=1S/C45H25N5/c46-26-29-20-23-44-39(24-29)36-14-4-8-19-43(36)50(44)42-18-7-3-13-35(42)37-15-9-10-31(28-48)45(37)38-25-32(22-21-30(38)27-47)49-40-16-5-1-11-33(40)34-12-2-6-17-41(34)49/h1-25H. The maximum atomic E-state index is 10.6. The Bertz CT molecular complexity index is 2920. The number of nitrogens with zero attached hydrogens (tertiary/aromatic N) is 5. The second-order valence-corrected chi connectivity index (χ2v) is 12.3. The summed E-state index contributed by atoms with van der Waals surface area (Å²) in [5, 5.41) is 35.1. The Hall–Kier alpha value is -7.39. The lowest BCUT2D eigenvalue weighted by atomic mass is 9.87. The average Bonchev–Trinajstić information content (AvgIpc) is 3.70. The number of hydrogen-bond donors (Lipinski definition) is 0. The van der Waals surface area contributed by atoms with Crippen LogP contribution in [0.25, 0.3) is 77.2 Å². The van der Waals surface area contributed by atoms with Crippen LogP contribution in [-0.4, -0.2) is 9.13 Å². The molecule has 0 fully saturated rings. The minimum Gasteiger partial charge on any atom is -0.309 e. The number of nitriles is 3. The van der Waals surface area contributed by atoms with E-state index in [-0.39, 0.29) is 0 Å². The molecular formula is C45H25N5. The van der Waals surface area contributed by atoms with Crippen LogP contribution >= 0.6 is 0 Å². The number of hydrogen-bond acceptors (Lipinski definition) is 3. The Morgan fingerprint density at radius 3 is 1.64 bits per heavy atom. The van der Waals surface area contributed by atoms with Gasteiger partial charge in [0.2, 0.25) is 0 Å². The molecule has 0 aliphatic rings. The molecule has 0 atom stereocenters. The van der Waals surface area contributed by atoms with Crippen molar-refractivity contribution in [1.82, 2.24) is 9.13 Å². The van der Waals surface area contributed by atoms with Crippen molar-refractivity contribution in [1.29, 1.82) is 15.8 Å². The van der Waals surface area contributed by atoms with Gasteiger partial charge in [0.05, 0.1) is 62.7 Å². The molecule has 0 amide bonds. The molecule has 2 aromatic heterocycles. The number of fused-ring (bicyclic) bond motifs is 6. The molecule has 0 aliphatic carbocycles. The fourth-order valence-electron chi connectivity index (χ4n) is 7.53. The fourth-order valence-corrected chi connectivity index (χ4v) is 7.53. The van der Waals surface area contributed by atoms with Crippen LogP contribution in [0.4, 0.5) is 0 Å². The Morgan fingerprint density at radius 1 is 0.380 bits per heavy atom. The monoisotopic (exact) mass is 635 g/mol. The van der Waals surface area contributed by atoms with Crippen molar-refractivity contribution in [3.8, 4) is 51.8 Å². The molecule has 9 aromatic rings. The summed E-state index contributed by atoms with van der Waals surface area (Å²) in [6.07, 6.45) is 0. The van der Waals surface area contributed by atoms with Crippen LogP contribution in [0, 0.1) is 34.0 Å². The third-order valence-electron chi connectivity index (χ3n) is 9.65. The van der Waals surface area contributed by atoms with Gasteiger partial charge in [0.1, 0.15) is 0 Å². The predicted octanol–water partition coefficient (Wildman–Crippen LogP) is 10.8. The SMILES string of the molecule is N#Cc1ccc2c(c1)c1ccccc1n2-c1ccccc1-c1cccc(C#N)c1-c1cc(-n2c3ccccc3c3ccccc32)ccc1C#N. The van der Waals surface area contributed by atoms with Crippen molar-refractivity contribution in [3.63, 3.8) is 0 Å². The first-order valence-electron chi connectivity index (χ1n) is 16.3. The highest BCUT2D eigenvalue weighted by atomic mass is 15.0. The van der Waals surface area contributed by atoms with Crippen LogP contribution in [0.5, 0.6) is 0 Å². The summed E-state index contributed by atoms with van der Waals surface area (Å²) >= 11 is 0. The minimum absolute atomic E-state index is 0.481. The van der Waals surface area contributed by atoms with Gasteiger partial charge in [-0.3, -0.25) is 0 Å². The van der Waals surface area contributed by atoms with E-state index >= 15 is 0 Å². The van der Waals surface area contributed by atoms with Crippen molar-refractivity contribution in [2.24, 2.45) is 0 Å². The van der Waals surface area contributed by atoms with Crippen LogP contribution in [0.3, 0.4) is 0 Å². The van der Waals surface area contributed by atoms with Crippen LogP contribution < -0.4 is 0 Å². The summed E-state index contributed by atoms with van der Waals surface area (Å²) in [5.74, 6) is 0. The average molecular weight is 636 g/mol. The van der Waals surface area contributed by atoms with E-state index in [0.29, 0.717) is 27.8 Å². The Kier molecular flexibility index (Phi) is 6.56. The van der Waals surface area contributed by atoms with E-state index in [1.165, 1.54) is 0 Å². The van der Waals surface area contributed by atoms with Gasteiger partial charge in [-0.2, -0.15) is 15.8 Å². The third kappa shape index (κ3) is 4.24. The number of aromatic nitrogens is 2. The van der Waals surface area contributed by atoms with Crippen LogP contribution in [0.2, 0.25) is 0 Å². The second-order valence-electron chi connectivity index (χ2n) is 12.3. The molecule has 2 heterocycles. The predicted molar refractivity (Wildman–Crippen MR) is 200 cm³/mol. The first-order valence-corrected chi connectivity index (χ1v) is 16.3. The Morgan fingerprint density at radius 2 is 0.960 bits per heavy atom. The minimum atomic E-state index is 0.481. The summed E-state index contributed by atoms with van der Waals surface area (Å²) in [7, 11) is 0. The molecule has 230 valence electrons. The molecule has 0 saturated carbocycles. The largest absolute Gasteiger partial charge is 0.309 e. The van der Waals surface area contributed by atoms with Gasteiger partial charge in [-0.15, -0.1) is 0 Å². The number of rotatable bonds is 4. The molecular weight excluding hydrogens is 611 g/mol. The molecule has 0 bridgehead atoms. The molecule has 0 saturated heterocycles. The highest BCUT2D eigenvalue weighted by Gasteiger charge is 2.22. The van der Waals surface area contributed by atoms with Gasteiger partial charge in [-0.1, -0.05) is 84.9 Å². The quantitative estimate of drug-likeness (QED) is 0.193. The van der Waals surface area contributed by atoms with Gasteiger partial charge < -0.3 is 9.13 Å². The summed E-state index contributed by atoms with van der Waals surface area (Å²) in [6.45, 7) is 0. The van der Waals surface area contributed by atoms with E-state index in [0.717, 1.165) is 66.1 Å². The highest BCUT2D eigenvalue weighted by molar-refractivity contribution is 6.11. The van der Waals surface area contributed by atoms with Crippen molar-refractivity contribution in [3.05, 3.63) is 168 Å². The molecule has 0 N–H and O–H groups in total. The second kappa shape index (κ2) is 11.4. The van der Waals surface area contributed by atoms with Crippen molar-refractivity contribution >= 4 is 43.6 Å². The third-order valence-corrected chi connectivity index (χ3v) is 9.65. The number of para-hydroxylation sites is 4. The lowest BCUT2D eigenvalue weighted by Crippen LogP contribution is -2.01. The molecule has 9 rings (SSSR count). The molecule has 0 aliphatic heterocycles. The van der Waals surface area contributed by atoms with Gasteiger partial charge in [0, 0.05) is 43.9 Å². The summed E-state index contributed by atoms with van der Waals surface area (Å²) in [5.41, 5.74) is 10.7. The van der Waals surface area contributed by atoms with Gasteiger partial charge >= 0.3 is 0 Å². The van der Waals surface area contributed by atoms with Gasteiger partial charge in [-0.25, -0.2) is 0 Å². The van der Waals surface area contributed by atoms with Crippen LogP contribution in [0.1, 0.15) is 16.7 Å². The molecule has 50 heavy (non-hydrogen) atoms. The fraction of sp³-hybridized carbons (Fsp3) is 0. The first kappa shape index (κ1) is 28.8.